The third-order valence-corrected chi connectivity index (χ3v) is 4.06. The minimum Gasteiger partial charge on any atom is -0.457 e. The van der Waals surface area contributed by atoms with Crippen LogP contribution in [-0.4, -0.2) is 5.78 Å². The molecule has 0 bridgehead atoms. The highest BCUT2D eigenvalue weighted by Crippen LogP contribution is 2.23. The zero-order chi connectivity index (χ0) is 14.7. The van der Waals surface area contributed by atoms with E-state index in [4.69, 9.17) is 4.74 Å². The Kier molecular flexibility index (Phi) is 3.84. The van der Waals surface area contributed by atoms with Gasteiger partial charge in [0.05, 0.1) is 4.88 Å². The summed E-state index contributed by atoms with van der Waals surface area (Å²) in [7, 11) is 0. The number of rotatable bonds is 4. The lowest BCUT2D eigenvalue weighted by molar-refractivity contribution is 0.104. The maximum absolute atomic E-state index is 12.3. The molecule has 1 heterocycles. The fourth-order valence-corrected chi connectivity index (χ4v) is 2.83. The summed E-state index contributed by atoms with van der Waals surface area (Å²) in [4.78, 5) is 14.2. The fourth-order valence-electron chi connectivity index (χ4n) is 2.00. The second-order valence-electron chi connectivity index (χ2n) is 4.68. The Hall–Kier alpha value is -2.39. The van der Waals surface area contributed by atoms with E-state index in [-0.39, 0.29) is 5.78 Å². The van der Waals surface area contributed by atoms with E-state index in [1.54, 1.807) is 12.1 Å². The molecule has 0 aliphatic carbocycles. The molecule has 3 heteroatoms. The number of hydrogen-bond donors (Lipinski definition) is 0. The van der Waals surface area contributed by atoms with Gasteiger partial charge in [-0.3, -0.25) is 4.79 Å². The molecule has 3 rings (SSSR count). The molecule has 0 saturated heterocycles. The van der Waals surface area contributed by atoms with Crippen LogP contribution in [0, 0.1) is 6.92 Å². The molecular weight excluding hydrogens is 280 g/mol. The van der Waals surface area contributed by atoms with Crippen LogP contribution in [0.2, 0.25) is 0 Å². The van der Waals surface area contributed by atoms with Crippen molar-refractivity contribution in [2.75, 3.05) is 0 Å². The first-order valence-electron chi connectivity index (χ1n) is 6.66. The second kappa shape index (κ2) is 5.94. The molecule has 0 unspecified atom stereocenters. The lowest BCUT2D eigenvalue weighted by Gasteiger charge is -2.06. The number of thiophene rings is 1. The van der Waals surface area contributed by atoms with Gasteiger partial charge in [0.2, 0.25) is 5.78 Å². The van der Waals surface area contributed by atoms with E-state index in [0.29, 0.717) is 5.56 Å². The summed E-state index contributed by atoms with van der Waals surface area (Å²) in [6, 6.07) is 20.7. The van der Waals surface area contributed by atoms with Crippen molar-refractivity contribution in [2.24, 2.45) is 0 Å². The number of hydrogen-bond acceptors (Lipinski definition) is 3. The molecule has 0 N–H and O–H groups in total. The standard InChI is InChI=1S/C18H14O2S/c1-13-7-12-17(21-13)18(19)14-8-10-16(11-9-14)20-15-5-3-2-4-6-15/h2-12H,1H3. The Morgan fingerprint density at radius 1 is 0.857 bits per heavy atom. The summed E-state index contributed by atoms with van der Waals surface area (Å²) >= 11 is 1.52. The molecule has 0 aliphatic heterocycles. The molecule has 0 spiro atoms. The van der Waals surface area contributed by atoms with Gasteiger partial charge in [-0.1, -0.05) is 18.2 Å². The summed E-state index contributed by atoms with van der Waals surface area (Å²) in [5, 5.41) is 0. The summed E-state index contributed by atoms with van der Waals surface area (Å²) in [6.45, 7) is 2.00. The number of ether oxygens (including phenoxy) is 1. The van der Waals surface area contributed by atoms with Gasteiger partial charge in [0.25, 0.3) is 0 Å². The van der Waals surface area contributed by atoms with E-state index in [1.807, 2.05) is 61.5 Å². The van der Waals surface area contributed by atoms with E-state index in [1.165, 1.54) is 11.3 Å². The number of ketones is 1. The fraction of sp³-hybridized carbons (Fsp3) is 0.0556. The minimum absolute atomic E-state index is 0.0550. The minimum atomic E-state index is 0.0550. The SMILES string of the molecule is Cc1ccc(C(=O)c2ccc(Oc3ccccc3)cc2)s1. The predicted molar refractivity (Wildman–Crippen MR) is 85.4 cm³/mol. The maximum atomic E-state index is 12.3. The van der Waals surface area contributed by atoms with E-state index in [9.17, 15) is 4.79 Å². The van der Waals surface area contributed by atoms with E-state index in [2.05, 4.69) is 0 Å². The summed E-state index contributed by atoms with van der Waals surface area (Å²) in [6.07, 6.45) is 0. The second-order valence-corrected chi connectivity index (χ2v) is 5.97. The highest BCUT2D eigenvalue weighted by molar-refractivity contribution is 7.14. The van der Waals surface area contributed by atoms with Crippen molar-refractivity contribution in [3.63, 3.8) is 0 Å². The first-order valence-corrected chi connectivity index (χ1v) is 7.48. The summed E-state index contributed by atoms with van der Waals surface area (Å²) < 4.78 is 5.71. The van der Waals surface area contributed by atoms with Crippen LogP contribution < -0.4 is 4.74 Å². The summed E-state index contributed by atoms with van der Waals surface area (Å²) in [5.74, 6) is 1.56. The van der Waals surface area contributed by atoms with Crippen molar-refractivity contribution in [1.29, 1.82) is 0 Å². The first kappa shape index (κ1) is 13.6. The van der Waals surface area contributed by atoms with Crippen molar-refractivity contribution in [1.82, 2.24) is 0 Å². The van der Waals surface area contributed by atoms with Crippen molar-refractivity contribution >= 4 is 17.1 Å². The molecule has 104 valence electrons. The normalized spacial score (nSPS) is 10.3. The summed E-state index contributed by atoms with van der Waals surface area (Å²) in [5.41, 5.74) is 0.678. The molecule has 2 nitrogen and oxygen atoms in total. The molecule has 0 amide bonds. The molecule has 0 saturated carbocycles. The van der Waals surface area contributed by atoms with Gasteiger partial charge in [-0.2, -0.15) is 0 Å². The maximum Gasteiger partial charge on any atom is 0.202 e. The topological polar surface area (TPSA) is 26.3 Å². The molecule has 3 aromatic rings. The Morgan fingerprint density at radius 3 is 2.14 bits per heavy atom. The van der Waals surface area contributed by atoms with Crippen LogP contribution in [0.3, 0.4) is 0 Å². The Balaban J connectivity index is 1.76. The van der Waals surface area contributed by atoms with Crippen LogP contribution in [0.1, 0.15) is 20.1 Å². The molecule has 21 heavy (non-hydrogen) atoms. The van der Waals surface area contributed by atoms with Crippen LogP contribution in [0.5, 0.6) is 11.5 Å². The van der Waals surface area contributed by atoms with Gasteiger partial charge in [-0.15, -0.1) is 11.3 Å². The number of para-hydroxylation sites is 1. The zero-order valence-electron chi connectivity index (χ0n) is 11.6. The largest absolute Gasteiger partial charge is 0.457 e. The third-order valence-electron chi connectivity index (χ3n) is 3.06. The van der Waals surface area contributed by atoms with Gasteiger partial charge in [-0.25, -0.2) is 0 Å². The van der Waals surface area contributed by atoms with Gasteiger partial charge in [-0.05, 0) is 55.5 Å². The van der Waals surface area contributed by atoms with Crippen LogP contribution in [0.15, 0.2) is 66.7 Å². The predicted octanol–water partition coefficient (Wildman–Crippen LogP) is 5.08. The average Bonchev–Trinajstić information content (AvgIpc) is 2.95. The number of aryl methyl sites for hydroxylation is 1. The Morgan fingerprint density at radius 2 is 1.52 bits per heavy atom. The lowest BCUT2D eigenvalue weighted by Crippen LogP contribution is -1.98. The van der Waals surface area contributed by atoms with Gasteiger partial charge in [0.1, 0.15) is 11.5 Å². The van der Waals surface area contributed by atoms with Crippen molar-refractivity contribution in [2.45, 2.75) is 6.92 Å². The van der Waals surface area contributed by atoms with E-state index < -0.39 is 0 Å². The molecule has 0 atom stereocenters. The zero-order valence-corrected chi connectivity index (χ0v) is 12.4. The third kappa shape index (κ3) is 3.20. The van der Waals surface area contributed by atoms with Crippen molar-refractivity contribution < 1.29 is 9.53 Å². The molecule has 1 aromatic heterocycles. The van der Waals surface area contributed by atoms with Crippen LogP contribution in [0.4, 0.5) is 0 Å². The number of benzene rings is 2. The quantitative estimate of drug-likeness (QED) is 0.627. The van der Waals surface area contributed by atoms with E-state index >= 15 is 0 Å². The smallest absolute Gasteiger partial charge is 0.202 e. The first-order chi connectivity index (χ1) is 10.2. The van der Waals surface area contributed by atoms with Crippen molar-refractivity contribution in [3.8, 4) is 11.5 Å². The van der Waals surface area contributed by atoms with Gasteiger partial charge >= 0.3 is 0 Å². The highest BCUT2D eigenvalue weighted by atomic mass is 32.1. The van der Waals surface area contributed by atoms with Gasteiger partial charge in [0.15, 0.2) is 0 Å². The number of carbonyl (C=O) groups excluding carboxylic acids is 1. The molecule has 0 radical (unpaired) electrons. The average molecular weight is 294 g/mol. The van der Waals surface area contributed by atoms with Crippen LogP contribution in [-0.2, 0) is 0 Å². The van der Waals surface area contributed by atoms with Crippen molar-refractivity contribution in [3.05, 3.63) is 82.0 Å². The molecule has 2 aromatic carbocycles. The van der Waals surface area contributed by atoms with Crippen LogP contribution in [0.25, 0.3) is 0 Å². The highest BCUT2D eigenvalue weighted by Gasteiger charge is 2.11. The number of carbonyl (C=O) groups is 1. The molecular formula is C18H14O2S. The van der Waals surface area contributed by atoms with E-state index in [0.717, 1.165) is 21.3 Å². The molecule has 0 fully saturated rings. The van der Waals surface area contributed by atoms with Gasteiger partial charge < -0.3 is 4.74 Å². The van der Waals surface area contributed by atoms with Crippen LogP contribution >= 0.6 is 11.3 Å². The van der Waals surface area contributed by atoms with Gasteiger partial charge in [0, 0.05) is 10.4 Å². The monoisotopic (exact) mass is 294 g/mol. The Labute approximate surface area is 127 Å². The Bertz CT molecular complexity index is 742. The molecule has 0 aliphatic rings. The lowest BCUT2D eigenvalue weighted by atomic mass is 10.1.